The fraction of sp³-hybridized carbons (Fsp3) is 0.130. The van der Waals surface area contributed by atoms with Crippen LogP contribution in [0.4, 0.5) is 0 Å². The smallest absolute Gasteiger partial charge is 0.267 e. The molecule has 0 radical (unpaired) electrons. The van der Waals surface area contributed by atoms with Crippen LogP contribution in [0.25, 0.3) is 6.08 Å². The number of ether oxygens (including phenoxy) is 1. The Morgan fingerprint density at radius 1 is 1.00 bits per heavy atom. The highest BCUT2D eigenvalue weighted by molar-refractivity contribution is 7.10. The lowest BCUT2D eigenvalue weighted by Crippen LogP contribution is -2.35. The molecule has 0 aliphatic rings. The van der Waals surface area contributed by atoms with E-state index >= 15 is 0 Å². The molecule has 5 nitrogen and oxygen atoms in total. The number of hydrogen-bond acceptors (Lipinski definition) is 4. The summed E-state index contributed by atoms with van der Waals surface area (Å²) in [5.41, 5.74) is 1.80. The van der Waals surface area contributed by atoms with Gasteiger partial charge in [-0.1, -0.05) is 36.4 Å². The summed E-state index contributed by atoms with van der Waals surface area (Å²) in [5.74, 6) is 0.150. The van der Waals surface area contributed by atoms with Crippen LogP contribution in [-0.2, 0) is 11.2 Å². The molecule has 0 aliphatic carbocycles. The molecule has 1 aromatic heterocycles. The highest BCUT2D eigenvalue weighted by atomic mass is 32.1. The van der Waals surface area contributed by atoms with Crippen molar-refractivity contribution < 1.29 is 14.3 Å². The molecule has 3 rings (SSSR count). The van der Waals surface area contributed by atoms with E-state index in [-0.39, 0.29) is 17.5 Å². The van der Waals surface area contributed by atoms with Crippen molar-refractivity contribution in [1.82, 2.24) is 10.6 Å². The van der Waals surface area contributed by atoms with Gasteiger partial charge in [-0.25, -0.2) is 0 Å². The van der Waals surface area contributed by atoms with Gasteiger partial charge in [0.2, 0.25) is 0 Å². The molecule has 2 amide bonds. The van der Waals surface area contributed by atoms with Crippen LogP contribution in [0.15, 0.2) is 77.8 Å². The largest absolute Gasteiger partial charge is 0.497 e. The van der Waals surface area contributed by atoms with Crippen molar-refractivity contribution in [1.29, 1.82) is 0 Å². The monoisotopic (exact) mass is 406 g/mol. The molecule has 2 aromatic carbocycles. The van der Waals surface area contributed by atoms with Crippen LogP contribution in [0.5, 0.6) is 5.75 Å². The van der Waals surface area contributed by atoms with Crippen LogP contribution < -0.4 is 15.4 Å². The first kappa shape index (κ1) is 20.4. The minimum Gasteiger partial charge on any atom is -0.497 e. The van der Waals surface area contributed by atoms with Crippen molar-refractivity contribution in [3.8, 4) is 5.75 Å². The SMILES string of the molecule is COc1ccc(CCNC(=O)/C(=C/c2cccs2)NC(=O)c2ccccc2)cc1. The maximum Gasteiger partial charge on any atom is 0.267 e. The fourth-order valence-corrected chi connectivity index (χ4v) is 3.32. The van der Waals surface area contributed by atoms with E-state index in [1.807, 2.05) is 47.8 Å². The fourth-order valence-electron chi connectivity index (χ4n) is 2.67. The van der Waals surface area contributed by atoms with Crippen LogP contribution in [0.1, 0.15) is 20.8 Å². The predicted octanol–water partition coefficient (Wildman–Crippen LogP) is 3.89. The minimum atomic E-state index is -0.323. The molecule has 0 atom stereocenters. The molecule has 0 spiro atoms. The van der Waals surface area contributed by atoms with E-state index in [0.717, 1.165) is 16.2 Å². The van der Waals surface area contributed by atoms with Crippen LogP contribution in [0.3, 0.4) is 0 Å². The third kappa shape index (κ3) is 6.05. The maximum atomic E-state index is 12.7. The number of carbonyl (C=O) groups excluding carboxylic acids is 2. The highest BCUT2D eigenvalue weighted by Crippen LogP contribution is 2.14. The van der Waals surface area contributed by atoms with Gasteiger partial charge in [0.25, 0.3) is 11.8 Å². The highest BCUT2D eigenvalue weighted by Gasteiger charge is 2.14. The molecule has 2 N–H and O–H groups in total. The standard InChI is InChI=1S/C23H22N2O3S/c1-28-19-11-9-17(10-12-19)13-14-24-23(27)21(16-20-8-5-15-29-20)25-22(26)18-6-3-2-4-7-18/h2-12,15-16H,13-14H2,1H3,(H,24,27)(H,25,26)/b21-16-. The lowest BCUT2D eigenvalue weighted by molar-refractivity contribution is -0.117. The average Bonchev–Trinajstić information content (AvgIpc) is 3.27. The third-order valence-electron chi connectivity index (χ3n) is 4.22. The van der Waals surface area contributed by atoms with E-state index in [1.165, 1.54) is 11.3 Å². The van der Waals surface area contributed by atoms with Crippen LogP contribution in [0, 0.1) is 0 Å². The molecular weight excluding hydrogens is 384 g/mol. The summed E-state index contributed by atoms with van der Waals surface area (Å²) in [5, 5.41) is 7.54. The molecule has 29 heavy (non-hydrogen) atoms. The Kier molecular flexibility index (Phi) is 7.19. The van der Waals surface area contributed by atoms with E-state index in [1.54, 1.807) is 37.5 Å². The van der Waals surface area contributed by atoms with Gasteiger partial charge in [0.1, 0.15) is 11.4 Å². The average molecular weight is 407 g/mol. The predicted molar refractivity (Wildman–Crippen MR) is 116 cm³/mol. The number of amides is 2. The maximum absolute atomic E-state index is 12.7. The van der Waals surface area contributed by atoms with E-state index in [0.29, 0.717) is 18.5 Å². The van der Waals surface area contributed by atoms with Crippen LogP contribution >= 0.6 is 11.3 Å². The molecule has 0 saturated heterocycles. The van der Waals surface area contributed by atoms with Gasteiger partial charge in [-0.05, 0) is 53.8 Å². The Labute approximate surface area is 174 Å². The number of thiophene rings is 1. The Balaban J connectivity index is 1.65. The van der Waals surface area contributed by atoms with Gasteiger partial charge < -0.3 is 15.4 Å². The van der Waals surface area contributed by atoms with E-state index in [2.05, 4.69) is 10.6 Å². The van der Waals surface area contributed by atoms with Crippen LogP contribution in [-0.4, -0.2) is 25.5 Å². The summed E-state index contributed by atoms with van der Waals surface area (Å²) >= 11 is 1.50. The molecule has 0 unspecified atom stereocenters. The molecule has 1 heterocycles. The van der Waals surface area contributed by atoms with Crippen molar-refractivity contribution in [2.24, 2.45) is 0 Å². The molecule has 0 saturated carbocycles. The second-order valence-electron chi connectivity index (χ2n) is 6.25. The van der Waals surface area contributed by atoms with Gasteiger partial charge >= 0.3 is 0 Å². The molecular formula is C23H22N2O3S. The first-order valence-corrected chi connectivity index (χ1v) is 10.1. The second kappa shape index (κ2) is 10.2. The van der Waals surface area contributed by atoms with Gasteiger partial charge in [0.15, 0.2) is 0 Å². The molecule has 148 valence electrons. The zero-order valence-corrected chi connectivity index (χ0v) is 16.9. The lowest BCUT2D eigenvalue weighted by atomic mass is 10.1. The van der Waals surface area contributed by atoms with Crippen molar-refractivity contribution >= 4 is 29.2 Å². The van der Waals surface area contributed by atoms with Gasteiger partial charge in [0, 0.05) is 17.0 Å². The Bertz CT molecular complexity index is 965. The summed E-state index contributed by atoms with van der Waals surface area (Å²) in [4.78, 5) is 26.1. The zero-order chi connectivity index (χ0) is 20.5. The third-order valence-corrected chi connectivity index (χ3v) is 5.04. The van der Waals surface area contributed by atoms with Crippen molar-refractivity contribution in [2.75, 3.05) is 13.7 Å². The molecule has 6 heteroatoms. The van der Waals surface area contributed by atoms with E-state index in [9.17, 15) is 9.59 Å². The van der Waals surface area contributed by atoms with Crippen molar-refractivity contribution in [3.63, 3.8) is 0 Å². The van der Waals surface area contributed by atoms with E-state index in [4.69, 9.17) is 4.74 Å². The topological polar surface area (TPSA) is 67.4 Å². The summed E-state index contributed by atoms with van der Waals surface area (Å²) in [6, 6.07) is 20.3. The summed E-state index contributed by atoms with van der Waals surface area (Å²) in [7, 11) is 1.63. The van der Waals surface area contributed by atoms with Crippen molar-refractivity contribution in [3.05, 3.63) is 93.8 Å². The Morgan fingerprint density at radius 3 is 2.41 bits per heavy atom. The number of carbonyl (C=O) groups is 2. The molecule has 3 aromatic rings. The molecule has 0 fully saturated rings. The molecule has 0 bridgehead atoms. The first-order valence-electron chi connectivity index (χ1n) is 9.18. The van der Waals surface area contributed by atoms with E-state index < -0.39 is 0 Å². The summed E-state index contributed by atoms with van der Waals surface area (Å²) in [6.45, 7) is 0.453. The van der Waals surface area contributed by atoms with Gasteiger partial charge in [0.05, 0.1) is 7.11 Å². The first-order chi connectivity index (χ1) is 14.2. The van der Waals surface area contributed by atoms with Gasteiger partial charge in [-0.2, -0.15) is 0 Å². The number of rotatable bonds is 8. The Hall–Kier alpha value is -3.38. The Morgan fingerprint density at radius 2 is 1.76 bits per heavy atom. The summed E-state index contributed by atoms with van der Waals surface area (Å²) in [6.07, 6.45) is 2.36. The van der Waals surface area contributed by atoms with Gasteiger partial charge in [-0.15, -0.1) is 11.3 Å². The lowest BCUT2D eigenvalue weighted by Gasteiger charge is -2.11. The molecule has 0 aliphatic heterocycles. The minimum absolute atomic E-state index is 0.219. The number of benzene rings is 2. The number of nitrogens with one attached hydrogen (secondary N) is 2. The zero-order valence-electron chi connectivity index (χ0n) is 16.1. The quantitative estimate of drug-likeness (QED) is 0.558. The summed E-state index contributed by atoms with van der Waals surface area (Å²) < 4.78 is 5.15. The number of hydrogen-bond donors (Lipinski definition) is 2. The number of methoxy groups -OCH3 is 1. The van der Waals surface area contributed by atoms with Gasteiger partial charge in [-0.3, -0.25) is 9.59 Å². The second-order valence-corrected chi connectivity index (χ2v) is 7.23. The van der Waals surface area contributed by atoms with Crippen LogP contribution in [0.2, 0.25) is 0 Å². The normalized spacial score (nSPS) is 11.0. The van der Waals surface area contributed by atoms with Crippen molar-refractivity contribution in [2.45, 2.75) is 6.42 Å².